The van der Waals surface area contributed by atoms with Gasteiger partial charge in [0.1, 0.15) is 5.56 Å². The van der Waals surface area contributed by atoms with Gasteiger partial charge in [0.15, 0.2) is 0 Å². The van der Waals surface area contributed by atoms with Crippen molar-refractivity contribution in [1.29, 1.82) is 0 Å². The molecular formula is C15H19N3O2. The fourth-order valence-corrected chi connectivity index (χ4v) is 5.40. The van der Waals surface area contributed by atoms with Gasteiger partial charge < -0.3 is 10.8 Å². The minimum Gasteiger partial charge on any atom is -0.478 e. The highest BCUT2D eigenvalue weighted by Gasteiger charge is 2.53. The van der Waals surface area contributed by atoms with E-state index in [0.717, 1.165) is 37.0 Å². The van der Waals surface area contributed by atoms with Crippen molar-refractivity contribution in [1.82, 2.24) is 10.2 Å². The van der Waals surface area contributed by atoms with Crippen LogP contribution < -0.4 is 5.73 Å². The molecule has 4 aliphatic rings. The Balaban J connectivity index is 1.85. The second-order valence-corrected chi connectivity index (χ2v) is 7.03. The lowest BCUT2D eigenvalue weighted by atomic mass is 9.48. The van der Waals surface area contributed by atoms with Crippen LogP contribution in [-0.2, 0) is 5.41 Å². The number of carboxylic acid groups (broad SMARTS) is 1. The third-order valence-corrected chi connectivity index (χ3v) is 5.63. The van der Waals surface area contributed by atoms with Crippen molar-refractivity contribution < 1.29 is 9.90 Å². The van der Waals surface area contributed by atoms with Gasteiger partial charge >= 0.3 is 5.97 Å². The molecule has 4 bridgehead atoms. The van der Waals surface area contributed by atoms with Crippen LogP contribution in [0.5, 0.6) is 0 Å². The number of aromatic carboxylic acids is 1. The molecule has 0 aliphatic heterocycles. The zero-order chi connectivity index (χ0) is 13.9. The van der Waals surface area contributed by atoms with E-state index in [9.17, 15) is 9.90 Å². The van der Waals surface area contributed by atoms with Gasteiger partial charge in [-0.25, -0.2) is 4.79 Å². The fourth-order valence-electron chi connectivity index (χ4n) is 5.40. The average Bonchev–Trinajstić information content (AvgIpc) is 2.36. The van der Waals surface area contributed by atoms with Crippen LogP contribution in [0.15, 0.2) is 6.20 Å². The van der Waals surface area contributed by atoms with Crippen LogP contribution in [0.4, 0.5) is 5.69 Å². The maximum atomic E-state index is 11.6. The van der Waals surface area contributed by atoms with Gasteiger partial charge in [0.05, 0.1) is 17.6 Å². The summed E-state index contributed by atoms with van der Waals surface area (Å²) in [5, 5.41) is 17.7. The number of nitrogens with zero attached hydrogens (tertiary/aromatic N) is 2. The summed E-state index contributed by atoms with van der Waals surface area (Å²) in [6.45, 7) is 0. The zero-order valence-corrected chi connectivity index (χ0v) is 11.4. The van der Waals surface area contributed by atoms with E-state index < -0.39 is 5.97 Å². The first kappa shape index (κ1) is 12.1. The average molecular weight is 273 g/mol. The zero-order valence-electron chi connectivity index (χ0n) is 11.4. The number of anilines is 1. The van der Waals surface area contributed by atoms with Crippen molar-refractivity contribution in [2.75, 3.05) is 5.73 Å². The van der Waals surface area contributed by atoms with Gasteiger partial charge in [-0.15, -0.1) is 0 Å². The first-order valence-corrected chi connectivity index (χ1v) is 7.42. The monoisotopic (exact) mass is 273 g/mol. The Kier molecular flexibility index (Phi) is 2.38. The molecule has 0 atom stereocenters. The molecule has 1 aromatic heterocycles. The lowest BCUT2D eigenvalue weighted by molar-refractivity contribution is -0.00824. The largest absolute Gasteiger partial charge is 0.478 e. The van der Waals surface area contributed by atoms with Crippen molar-refractivity contribution >= 4 is 11.7 Å². The molecule has 1 heterocycles. The van der Waals surface area contributed by atoms with Crippen molar-refractivity contribution in [2.24, 2.45) is 17.8 Å². The number of hydrogen-bond acceptors (Lipinski definition) is 4. The van der Waals surface area contributed by atoms with Gasteiger partial charge in [-0.2, -0.15) is 10.2 Å². The van der Waals surface area contributed by atoms with Gasteiger partial charge in [-0.05, 0) is 56.3 Å². The Morgan fingerprint density at radius 1 is 1.20 bits per heavy atom. The highest BCUT2D eigenvalue weighted by atomic mass is 16.4. The van der Waals surface area contributed by atoms with E-state index in [1.54, 1.807) is 0 Å². The summed E-state index contributed by atoms with van der Waals surface area (Å²) in [6, 6.07) is 0. The van der Waals surface area contributed by atoms with E-state index in [4.69, 9.17) is 5.73 Å². The van der Waals surface area contributed by atoms with Crippen LogP contribution in [0.1, 0.15) is 54.6 Å². The summed E-state index contributed by atoms with van der Waals surface area (Å²) in [6.07, 6.45) is 8.51. The molecule has 4 aliphatic carbocycles. The smallest absolute Gasteiger partial charge is 0.339 e. The molecule has 4 saturated carbocycles. The van der Waals surface area contributed by atoms with Gasteiger partial charge in [0, 0.05) is 5.41 Å². The number of aromatic nitrogens is 2. The Bertz CT molecular complexity index is 549. The molecule has 0 saturated heterocycles. The highest BCUT2D eigenvalue weighted by molar-refractivity contribution is 5.94. The third kappa shape index (κ3) is 1.58. The molecule has 0 spiro atoms. The third-order valence-electron chi connectivity index (χ3n) is 5.63. The van der Waals surface area contributed by atoms with Crippen LogP contribution in [0.2, 0.25) is 0 Å². The molecule has 0 radical (unpaired) electrons. The van der Waals surface area contributed by atoms with E-state index in [1.807, 2.05) is 0 Å². The van der Waals surface area contributed by atoms with Crippen LogP contribution in [0.3, 0.4) is 0 Å². The maximum Gasteiger partial charge on any atom is 0.339 e. The van der Waals surface area contributed by atoms with Crippen molar-refractivity contribution in [2.45, 2.75) is 43.9 Å². The molecule has 5 nitrogen and oxygen atoms in total. The summed E-state index contributed by atoms with van der Waals surface area (Å²) < 4.78 is 0. The van der Waals surface area contributed by atoms with E-state index in [-0.39, 0.29) is 16.7 Å². The van der Waals surface area contributed by atoms with Gasteiger partial charge in [0.25, 0.3) is 0 Å². The van der Waals surface area contributed by atoms with Gasteiger partial charge in [-0.1, -0.05) is 0 Å². The first-order chi connectivity index (χ1) is 9.57. The van der Waals surface area contributed by atoms with Gasteiger partial charge in [-0.3, -0.25) is 0 Å². The summed E-state index contributed by atoms with van der Waals surface area (Å²) in [5.41, 5.74) is 6.88. The summed E-state index contributed by atoms with van der Waals surface area (Å²) in [4.78, 5) is 11.6. The highest BCUT2D eigenvalue weighted by Crippen LogP contribution is 2.60. The molecular weight excluding hydrogens is 254 g/mol. The quantitative estimate of drug-likeness (QED) is 0.862. The molecule has 0 aromatic carbocycles. The molecule has 0 unspecified atom stereocenters. The molecule has 4 fully saturated rings. The fraction of sp³-hybridized carbons (Fsp3) is 0.667. The first-order valence-electron chi connectivity index (χ1n) is 7.42. The van der Waals surface area contributed by atoms with E-state index in [1.165, 1.54) is 25.5 Å². The second kappa shape index (κ2) is 3.93. The number of carboxylic acids is 1. The minimum absolute atomic E-state index is 0.0785. The SMILES string of the molecule is Nc1cnnc(C23CC4CC(CC(C4)C2)C3)c1C(=O)O. The number of carbonyl (C=O) groups is 1. The summed E-state index contributed by atoms with van der Waals surface area (Å²) >= 11 is 0. The Hall–Kier alpha value is -1.65. The molecule has 1 aromatic rings. The number of nitrogens with two attached hydrogens (primary N) is 1. The Morgan fingerprint density at radius 3 is 2.25 bits per heavy atom. The number of hydrogen-bond donors (Lipinski definition) is 2. The molecule has 0 amide bonds. The molecule has 5 rings (SSSR count). The van der Waals surface area contributed by atoms with E-state index >= 15 is 0 Å². The molecule has 106 valence electrons. The standard InChI is InChI=1S/C15H19N3O2/c16-11-7-17-18-13(12(11)14(19)20)15-4-8-1-9(5-15)3-10(2-8)6-15/h7-10H,1-6H2,(H2,16,18)(H,19,20). The summed E-state index contributed by atoms with van der Waals surface area (Å²) in [5.74, 6) is 1.26. The lowest BCUT2D eigenvalue weighted by Gasteiger charge is -2.56. The van der Waals surface area contributed by atoms with E-state index in [0.29, 0.717) is 5.69 Å². The Labute approximate surface area is 117 Å². The lowest BCUT2D eigenvalue weighted by Crippen LogP contribution is -2.49. The normalized spacial score (nSPS) is 38.1. The van der Waals surface area contributed by atoms with Crippen LogP contribution in [0.25, 0.3) is 0 Å². The van der Waals surface area contributed by atoms with Gasteiger partial charge in [0.2, 0.25) is 0 Å². The predicted molar refractivity (Wildman–Crippen MR) is 73.3 cm³/mol. The van der Waals surface area contributed by atoms with E-state index in [2.05, 4.69) is 10.2 Å². The van der Waals surface area contributed by atoms with Crippen LogP contribution in [-0.4, -0.2) is 21.3 Å². The predicted octanol–water partition coefficient (Wildman–Crippen LogP) is 2.22. The second-order valence-electron chi connectivity index (χ2n) is 7.03. The van der Waals surface area contributed by atoms with Crippen molar-refractivity contribution in [3.63, 3.8) is 0 Å². The molecule has 20 heavy (non-hydrogen) atoms. The molecule has 5 heteroatoms. The summed E-state index contributed by atoms with van der Waals surface area (Å²) in [7, 11) is 0. The maximum absolute atomic E-state index is 11.6. The van der Waals surface area contributed by atoms with Crippen molar-refractivity contribution in [3.05, 3.63) is 17.5 Å². The minimum atomic E-state index is -0.969. The number of rotatable bonds is 2. The molecule has 3 N–H and O–H groups in total. The Morgan fingerprint density at radius 2 is 1.75 bits per heavy atom. The number of nitrogen functional groups attached to an aromatic ring is 1. The topological polar surface area (TPSA) is 89.1 Å². The van der Waals surface area contributed by atoms with Crippen LogP contribution >= 0.6 is 0 Å². The van der Waals surface area contributed by atoms with Crippen LogP contribution in [0, 0.1) is 17.8 Å². The van der Waals surface area contributed by atoms with Crippen molar-refractivity contribution in [3.8, 4) is 0 Å².